The first-order valence-corrected chi connectivity index (χ1v) is 6.90. The van der Waals surface area contributed by atoms with Gasteiger partial charge in [0, 0.05) is 24.8 Å². The predicted octanol–water partition coefficient (Wildman–Crippen LogP) is 3.07. The van der Waals surface area contributed by atoms with Gasteiger partial charge in [0.1, 0.15) is 11.6 Å². The summed E-state index contributed by atoms with van der Waals surface area (Å²) in [6.45, 7) is 1.21. The molecule has 0 amide bonds. The Balaban J connectivity index is 2.16. The van der Waals surface area contributed by atoms with Gasteiger partial charge in [0.05, 0.1) is 4.47 Å². The Kier molecular flexibility index (Phi) is 4.70. The Bertz CT molecular complexity index is 428. The van der Waals surface area contributed by atoms with Crippen LogP contribution in [0.15, 0.2) is 16.6 Å². The van der Waals surface area contributed by atoms with Gasteiger partial charge in [-0.25, -0.2) is 8.78 Å². The van der Waals surface area contributed by atoms with E-state index in [1.807, 2.05) is 4.90 Å². The summed E-state index contributed by atoms with van der Waals surface area (Å²) < 4.78 is 27.8. The van der Waals surface area contributed by atoms with Crippen molar-refractivity contribution >= 4 is 15.9 Å². The number of halogens is 3. The Morgan fingerprint density at radius 2 is 2.17 bits per heavy atom. The van der Waals surface area contributed by atoms with E-state index in [0.29, 0.717) is 6.42 Å². The van der Waals surface area contributed by atoms with E-state index >= 15 is 0 Å². The highest BCUT2D eigenvalue weighted by molar-refractivity contribution is 9.10. The lowest BCUT2D eigenvalue weighted by molar-refractivity contribution is 0.186. The fourth-order valence-corrected chi connectivity index (χ4v) is 2.87. The average Bonchev–Trinajstić information content (AvgIpc) is 2.78. The first kappa shape index (κ1) is 13.9. The van der Waals surface area contributed by atoms with Crippen LogP contribution in [0.4, 0.5) is 8.78 Å². The maximum atomic E-state index is 13.9. The van der Waals surface area contributed by atoms with Gasteiger partial charge in [0.15, 0.2) is 0 Å². The summed E-state index contributed by atoms with van der Waals surface area (Å²) in [6.07, 6.45) is 2.66. The standard InChI is InChI=1S/C13H16BrF2NO/c14-11-3-4-12(15)10(13(11)16)8-17-6-1-2-9(17)5-7-18/h3-4,9,18H,1-2,5-8H2. The molecule has 1 unspecified atom stereocenters. The van der Waals surface area contributed by atoms with Crippen LogP contribution in [0.3, 0.4) is 0 Å². The number of nitrogens with zero attached hydrogens (tertiary/aromatic N) is 1. The van der Waals surface area contributed by atoms with Crippen LogP contribution in [-0.2, 0) is 6.54 Å². The van der Waals surface area contributed by atoms with Gasteiger partial charge in [-0.05, 0) is 53.9 Å². The molecule has 0 spiro atoms. The number of aliphatic hydroxyl groups is 1. The molecule has 0 radical (unpaired) electrons. The summed E-state index contributed by atoms with van der Waals surface area (Å²) in [5.41, 5.74) is 0.106. The maximum absolute atomic E-state index is 13.9. The number of likely N-dealkylation sites (tertiary alicyclic amines) is 1. The summed E-state index contributed by atoms with van der Waals surface area (Å²) in [7, 11) is 0. The molecule has 18 heavy (non-hydrogen) atoms. The molecule has 1 saturated heterocycles. The van der Waals surface area contributed by atoms with Gasteiger partial charge >= 0.3 is 0 Å². The van der Waals surface area contributed by atoms with Gasteiger partial charge in [0.2, 0.25) is 0 Å². The second kappa shape index (κ2) is 6.08. The molecule has 5 heteroatoms. The van der Waals surface area contributed by atoms with Gasteiger partial charge < -0.3 is 5.11 Å². The molecule has 100 valence electrons. The van der Waals surface area contributed by atoms with E-state index in [2.05, 4.69) is 15.9 Å². The third kappa shape index (κ3) is 2.90. The molecule has 0 saturated carbocycles. The zero-order valence-electron chi connectivity index (χ0n) is 10.0. The molecule has 2 nitrogen and oxygen atoms in total. The van der Waals surface area contributed by atoms with E-state index in [-0.39, 0.29) is 29.2 Å². The van der Waals surface area contributed by atoms with Crippen LogP contribution < -0.4 is 0 Å². The minimum atomic E-state index is -0.523. The van der Waals surface area contributed by atoms with Gasteiger partial charge in [-0.2, -0.15) is 0 Å². The van der Waals surface area contributed by atoms with E-state index in [0.717, 1.165) is 19.4 Å². The Morgan fingerprint density at radius 3 is 2.89 bits per heavy atom. The van der Waals surface area contributed by atoms with Crippen molar-refractivity contribution in [1.82, 2.24) is 4.90 Å². The van der Waals surface area contributed by atoms with Crippen molar-refractivity contribution in [1.29, 1.82) is 0 Å². The smallest absolute Gasteiger partial charge is 0.144 e. The largest absolute Gasteiger partial charge is 0.396 e. The second-order valence-electron chi connectivity index (χ2n) is 4.60. The van der Waals surface area contributed by atoms with Crippen molar-refractivity contribution in [3.05, 3.63) is 33.8 Å². The average molecular weight is 320 g/mol. The highest BCUT2D eigenvalue weighted by atomic mass is 79.9. The maximum Gasteiger partial charge on any atom is 0.144 e. The van der Waals surface area contributed by atoms with Crippen LogP contribution in [-0.4, -0.2) is 29.2 Å². The molecule has 1 aromatic carbocycles. The lowest BCUT2D eigenvalue weighted by Crippen LogP contribution is -2.30. The van der Waals surface area contributed by atoms with Gasteiger partial charge in [-0.3, -0.25) is 4.90 Å². The highest BCUT2D eigenvalue weighted by Crippen LogP contribution is 2.27. The minimum Gasteiger partial charge on any atom is -0.396 e. The topological polar surface area (TPSA) is 23.5 Å². The third-order valence-electron chi connectivity index (χ3n) is 3.46. The van der Waals surface area contributed by atoms with Gasteiger partial charge in [-0.1, -0.05) is 0 Å². The molecule has 0 bridgehead atoms. The number of rotatable bonds is 4. The molecule has 1 N–H and O–H groups in total. The Labute approximate surface area is 114 Å². The molecule has 1 aliphatic rings. The number of aliphatic hydroxyl groups excluding tert-OH is 1. The van der Waals surface area contributed by atoms with Crippen molar-refractivity contribution < 1.29 is 13.9 Å². The van der Waals surface area contributed by atoms with Crippen LogP contribution in [0.25, 0.3) is 0 Å². The zero-order valence-corrected chi connectivity index (χ0v) is 11.6. The van der Waals surface area contributed by atoms with Crippen molar-refractivity contribution in [2.24, 2.45) is 0 Å². The molecule has 2 rings (SSSR count). The van der Waals surface area contributed by atoms with Crippen molar-refractivity contribution in [3.63, 3.8) is 0 Å². The third-order valence-corrected chi connectivity index (χ3v) is 4.07. The lowest BCUT2D eigenvalue weighted by Gasteiger charge is -2.24. The SMILES string of the molecule is OCCC1CCCN1Cc1c(F)ccc(Br)c1F. The molecular weight excluding hydrogens is 304 g/mol. The van der Waals surface area contributed by atoms with Crippen LogP contribution in [0.2, 0.25) is 0 Å². The van der Waals surface area contributed by atoms with E-state index in [1.165, 1.54) is 12.1 Å². The lowest BCUT2D eigenvalue weighted by atomic mass is 10.1. The molecule has 1 fully saturated rings. The molecule has 1 atom stereocenters. The van der Waals surface area contributed by atoms with Crippen LogP contribution in [0, 0.1) is 11.6 Å². The van der Waals surface area contributed by atoms with E-state index in [4.69, 9.17) is 5.11 Å². The number of benzene rings is 1. The predicted molar refractivity (Wildman–Crippen MR) is 69.2 cm³/mol. The Morgan fingerprint density at radius 1 is 1.39 bits per heavy atom. The van der Waals surface area contributed by atoms with Crippen LogP contribution in [0.1, 0.15) is 24.8 Å². The highest BCUT2D eigenvalue weighted by Gasteiger charge is 2.26. The van der Waals surface area contributed by atoms with Crippen molar-refractivity contribution in [2.75, 3.05) is 13.2 Å². The fourth-order valence-electron chi connectivity index (χ4n) is 2.50. The first-order valence-electron chi connectivity index (χ1n) is 6.10. The summed E-state index contributed by atoms with van der Waals surface area (Å²) in [6, 6.07) is 2.89. The molecule has 1 heterocycles. The minimum absolute atomic E-state index is 0.106. The van der Waals surface area contributed by atoms with E-state index in [9.17, 15) is 8.78 Å². The number of hydrogen-bond acceptors (Lipinski definition) is 2. The summed E-state index contributed by atoms with van der Waals surface area (Å²) in [5.74, 6) is -1.03. The normalized spacial score (nSPS) is 20.6. The van der Waals surface area contributed by atoms with Crippen LogP contribution in [0.5, 0.6) is 0 Å². The van der Waals surface area contributed by atoms with Crippen LogP contribution >= 0.6 is 15.9 Å². The molecule has 1 aromatic rings. The quantitative estimate of drug-likeness (QED) is 0.862. The molecule has 1 aliphatic heterocycles. The fraction of sp³-hybridized carbons (Fsp3) is 0.538. The van der Waals surface area contributed by atoms with Gasteiger partial charge in [0.25, 0.3) is 0 Å². The van der Waals surface area contributed by atoms with Crippen molar-refractivity contribution in [3.8, 4) is 0 Å². The van der Waals surface area contributed by atoms with E-state index in [1.54, 1.807) is 0 Å². The Hall–Kier alpha value is -0.520. The molecular formula is C13H16BrF2NO. The summed E-state index contributed by atoms with van der Waals surface area (Å²) >= 11 is 3.08. The first-order chi connectivity index (χ1) is 8.63. The van der Waals surface area contributed by atoms with E-state index < -0.39 is 11.6 Å². The number of hydrogen-bond donors (Lipinski definition) is 1. The summed E-state index contributed by atoms with van der Waals surface area (Å²) in [5, 5.41) is 8.98. The monoisotopic (exact) mass is 319 g/mol. The molecule has 0 aliphatic carbocycles. The van der Waals surface area contributed by atoms with Gasteiger partial charge in [-0.15, -0.1) is 0 Å². The second-order valence-corrected chi connectivity index (χ2v) is 5.45. The van der Waals surface area contributed by atoms with Crippen molar-refractivity contribution in [2.45, 2.75) is 31.8 Å². The zero-order chi connectivity index (χ0) is 13.1. The molecule has 0 aromatic heterocycles. The summed E-state index contributed by atoms with van der Waals surface area (Å²) in [4.78, 5) is 2.05.